The molecule has 0 amide bonds. The average molecular weight is 188 g/mol. The number of ether oxygens (including phenoxy) is 1. The number of benzene rings is 1. The summed E-state index contributed by atoms with van der Waals surface area (Å²) in [5.41, 5.74) is 1.56. The zero-order valence-corrected chi connectivity index (χ0v) is 8.08. The maximum Gasteiger partial charge on any atom is 0.121 e. The number of nitrogens with one attached hydrogen (secondary N) is 1. The van der Waals surface area contributed by atoms with E-state index in [9.17, 15) is 0 Å². The average Bonchev–Trinajstić information content (AvgIpc) is 3.01. The van der Waals surface area contributed by atoms with Crippen molar-refractivity contribution in [3.05, 3.63) is 23.8 Å². The molecule has 0 unspecified atom stereocenters. The van der Waals surface area contributed by atoms with Gasteiger partial charge in [0.1, 0.15) is 11.8 Å². The van der Waals surface area contributed by atoms with Gasteiger partial charge in [-0.15, -0.1) is 0 Å². The Hall–Kier alpha value is -1.69. The van der Waals surface area contributed by atoms with Crippen molar-refractivity contribution in [2.24, 2.45) is 0 Å². The Morgan fingerprint density at radius 2 is 2.29 bits per heavy atom. The molecule has 1 saturated carbocycles. The Morgan fingerprint density at radius 1 is 1.50 bits per heavy atom. The van der Waals surface area contributed by atoms with Crippen LogP contribution in [0.4, 0.5) is 5.69 Å². The summed E-state index contributed by atoms with van der Waals surface area (Å²) < 4.78 is 5.11. The van der Waals surface area contributed by atoms with Crippen LogP contribution < -0.4 is 10.1 Å². The molecule has 3 nitrogen and oxygen atoms in total. The Morgan fingerprint density at radius 3 is 2.86 bits per heavy atom. The van der Waals surface area contributed by atoms with Crippen LogP contribution in [0.3, 0.4) is 0 Å². The molecule has 0 saturated heterocycles. The first-order valence-corrected chi connectivity index (χ1v) is 4.68. The van der Waals surface area contributed by atoms with E-state index in [1.54, 1.807) is 19.2 Å². The van der Waals surface area contributed by atoms with Gasteiger partial charge in [0.15, 0.2) is 0 Å². The van der Waals surface area contributed by atoms with E-state index >= 15 is 0 Å². The number of nitriles is 1. The van der Waals surface area contributed by atoms with Crippen LogP contribution in [0.15, 0.2) is 18.2 Å². The van der Waals surface area contributed by atoms with Crippen LogP contribution in [0.1, 0.15) is 18.4 Å². The number of methoxy groups -OCH3 is 1. The molecule has 1 aliphatic rings. The van der Waals surface area contributed by atoms with E-state index in [0.29, 0.717) is 11.6 Å². The molecular weight excluding hydrogens is 176 g/mol. The number of nitrogens with zero attached hydrogens (tertiary/aromatic N) is 1. The first-order chi connectivity index (χ1) is 6.83. The molecule has 1 aromatic carbocycles. The second-order valence-corrected chi connectivity index (χ2v) is 3.44. The predicted octanol–water partition coefficient (Wildman–Crippen LogP) is 2.14. The lowest BCUT2D eigenvalue weighted by atomic mass is 10.2. The van der Waals surface area contributed by atoms with Gasteiger partial charge in [-0.3, -0.25) is 0 Å². The van der Waals surface area contributed by atoms with Crippen molar-refractivity contribution in [2.75, 3.05) is 12.4 Å². The van der Waals surface area contributed by atoms with Crippen molar-refractivity contribution in [2.45, 2.75) is 18.9 Å². The molecule has 3 heteroatoms. The Bertz CT molecular complexity index is 377. The van der Waals surface area contributed by atoms with E-state index in [-0.39, 0.29) is 0 Å². The molecule has 2 rings (SSSR count). The fraction of sp³-hybridized carbons (Fsp3) is 0.364. The first-order valence-electron chi connectivity index (χ1n) is 4.68. The third kappa shape index (κ3) is 1.80. The molecule has 0 atom stereocenters. The normalized spacial score (nSPS) is 14.6. The minimum absolute atomic E-state index is 0.550. The summed E-state index contributed by atoms with van der Waals surface area (Å²) in [5.74, 6) is 0.784. The number of rotatable bonds is 3. The Balaban J connectivity index is 2.27. The quantitative estimate of drug-likeness (QED) is 0.790. The van der Waals surface area contributed by atoms with Gasteiger partial charge in [0.2, 0.25) is 0 Å². The fourth-order valence-corrected chi connectivity index (χ4v) is 1.31. The zero-order chi connectivity index (χ0) is 9.97. The van der Waals surface area contributed by atoms with Gasteiger partial charge < -0.3 is 10.1 Å². The van der Waals surface area contributed by atoms with Crippen LogP contribution in [0.2, 0.25) is 0 Å². The van der Waals surface area contributed by atoms with Gasteiger partial charge in [-0.2, -0.15) is 5.26 Å². The van der Waals surface area contributed by atoms with E-state index in [1.807, 2.05) is 6.07 Å². The summed E-state index contributed by atoms with van der Waals surface area (Å²) in [6.45, 7) is 0. The van der Waals surface area contributed by atoms with Crippen molar-refractivity contribution < 1.29 is 4.74 Å². The summed E-state index contributed by atoms with van der Waals surface area (Å²) >= 11 is 0. The number of hydrogen-bond acceptors (Lipinski definition) is 3. The standard InChI is InChI=1S/C11H12N2O/c1-14-10-5-2-8(7-12)11(6-10)13-9-3-4-9/h2,5-6,9,13H,3-4H2,1H3. The minimum atomic E-state index is 0.550. The van der Waals surface area contributed by atoms with Gasteiger partial charge >= 0.3 is 0 Å². The smallest absolute Gasteiger partial charge is 0.121 e. The van der Waals surface area contributed by atoms with Crippen LogP contribution in [-0.4, -0.2) is 13.2 Å². The van der Waals surface area contributed by atoms with Gasteiger partial charge in [0.25, 0.3) is 0 Å². The Kier molecular flexibility index (Phi) is 2.28. The summed E-state index contributed by atoms with van der Waals surface area (Å²) in [5, 5.41) is 12.2. The van der Waals surface area contributed by atoms with Crippen LogP contribution in [0.5, 0.6) is 5.75 Å². The topological polar surface area (TPSA) is 45.0 Å². The van der Waals surface area contributed by atoms with Gasteiger partial charge in [-0.1, -0.05) is 0 Å². The molecule has 72 valence electrons. The predicted molar refractivity (Wildman–Crippen MR) is 54.4 cm³/mol. The monoisotopic (exact) mass is 188 g/mol. The molecule has 14 heavy (non-hydrogen) atoms. The largest absolute Gasteiger partial charge is 0.497 e. The van der Waals surface area contributed by atoms with Gasteiger partial charge in [0, 0.05) is 12.1 Å². The van der Waals surface area contributed by atoms with E-state index in [0.717, 1.165) is 11.4 Å². The zero-order valence-electron chi connectivity index (χ0n) is 8.08. The maximum absolute atomic E-state index is 8.88. The summed E-state index contributed by atoms with van der Waals surface area (Å²) in [6.07, 6.45) is 2.39. The van der Waals surface area contributed by atoms with Gasteiger partial charge in [-0.25, -0.2) is 0 Å². The van der Waals surface area contributed by atoms with E-state index < -0.39 is 0 Å². The molecular formula is C11H12N2O. The molecule has 0 aromatic heterocycles. The lowest BCUT2D eigenvalue weighted by molar-refractivity contribution is 0.415. The SMILES string of the molecule is COc1ccc(C#N)c(NC2CC2)c1. The summed E-state index contributed by atoms with van der Waals surface area (Å²) in [4.78, 5) is 0. The second-order valence-electron chi connectivity index (χ2n) is 3.44. The second kappa shape index (κ2) is 3.59. The van der Waals surface area contributed by atoms with E-state index in [1.165, 1.54) is 12.8 Å². The van der Waals surface area contributed by atoms with Crippen molar-refractivity contribution in [3.63, 3.8) is 0 Å². The lowest BCUT2D eigenvalue weighted by Gasteiger charge is -2.08. The minimum Gasteiger partial charge on any atom is -0.497 e. The van der Waals surface area contributed by atoms with Gasteiger partial charge in [-0.05, 0) is 25.0 Å². The van der Waals surface area contributed by atoms with Crippen molar-refractivity contribution >= 4 is 5.69 Å². The molecule has 0 radical (unpaired) electrons. The van der Waals surface area contributed by atoms with Gasteiger partial charge in [0.05, 0.1) is 18.4 Å². The highest BCUT2D eigenvalue weighted by molar-refractivity contribution is 5.61. The van der Waals surface area contributed by atoms with E-state index in [4.69, 9.17) is 10.00 Å². The van der Waals surface area contributed by atoms with Crippen molar-refractivity contribution in [1.29, 1.82) is 5.26 Å². The van der Waals surface area contributed by atoms with Crippen molar-refractivity contribution in [1.82, 2.24) is 0 Å². The lowest BCUT2D eigenvalue weighted by Crippen LogP contribution is -2.03. The van der Waals surface area contributed by atoms with Crippen LogP contribution in [0, 0.1) is 11.3 Å². The fourth-order valence-electron chi connectivity index (χ4n) is 1.31. The van der Waals surface area contributed by atoms with E-state index in [2.05, 4.69) is 11.4 Å². The summed E-state index contributed by atoms with van der Waals surface area (Å²) in [6, 6.07) is 8.17. The highest BCUT2D eigenvalue weighted by Crippen LogP contribution is 2.28. The van der Waals surface area contributed by atoms with Crippen LogP contribution in [0.25, 0.3) is 0 Å². The first kappa shape index (κ1) is 8.89. The maximum atomic E-state index is 8.88. The molecule has 1 aromatic rings. The molecule has 0 spiro atoms. The third-order valence-corrected chi connectivity index (χ3v) is 2.28. The van der Waals surface area contributed by atoms with Crippen molar-refractivity contribution in [3.8, 4) is 11.8 Å². The molecule has 0 bridgehead atoms. The highest BCUT2D eigenvalue weighted by atomic mass is 16.5. The molecule has 1 aliphatic carbocycles. The van der Waals surface area contributed by atoms with Crippen LogP contribution in [-0.2, 0) is 0 Å². The summed E-state index contributed by atoms with van der Waals surface area (Å²) in [7, 11) is 1.63. The number of anilines is 1. The molecule has 0 heterocycles. The highest BCUT2D eigenvalue weighted by Gasteiger charge is 2.22. The third-order valence-electron chi connectivity index (χ3n) is 2.28. The molecule has 1 fully saturated rings. The number of hydrogen-bond donors (Lipinski definition) is 1. The molecule has 0 aliphatic heterocycles. The Labute approximate surface area is 83.3 Å². The molecule has 1 N–H and O–H groups in total. The van der Waals surface area contributed by atoms with Crippen LogP contribution >= 0.6 is 0 Å².